The number of carbonyl (C=O) groups excluding carboxylic acids is 2. The molecule has 0 aliphatic carbocycles. The monoisotopic (exact) mass is 295 g/mol. The summed E-state index contributed by atoms with van der Waals surface area (Å²) in [5.74, 6) is -0.582. The van der Waals surface area contributed by atoms with E-state index in [1.54, 1.807) is 11.4 Å². The normalized spacial score (nSPS) is 19.8. The van der Waals surface area contributed by atoms with E-state index in [9.17, 15) is 9.59 Å². The molecule has 0 spiro atoms. The SMILES string of the molecule is CC[C@@H]1CCCCN1CC(=O)Nc1sccc1C(N)=O. The molecule has 1 aromatic rings. The van der Waals surface area contributed by atoms with Crippen LogP contribution in [0.4, 0.5) is 5.00 Å². The van der Waals surface area contributed by atoms with Gasteiger partial charge in [0.15, 0.2) is 0 Å². The Morgan fingerprint density at radius 1 is 1.50 bits per heavy atom. The molecule has 6 heteroatoms. The molecule has 20 heavy (non-hydrogen) atoms. The molecule has 1 aromatic heterocycles. The fraction of sp³-hybridized carbons (Fsp3) is 0.571. The van der Waals surface area contributed by atoms with Crippen LogP contribution >= 0.6 is 11.3 Å². The highest BCUT2D eigenvalue weighted by Gasteiger charge is 2.23. The maximum Gasteiger partial charge on any atom is 0.251 e. The Balaban J connectivity index is 1.94. The molecule has 1 aliphatic heterocycles. The second-order valence-electron chi connectivity index (χ2n) is 5.10. The molecule has 5 nitrogen and oxygen atoms in total. The van der Waals surface area contributed by atoms with Crippen molar-refractivity contribution in [3.8, 4) is 0 Å². The van der Waals surface area contributed by atoms with E-state index in [4.69, 9.17) is 5.73 Å². The fourth-order valence-electron chi connectivity index (χ4n) is 2.68. The van der Waals surface area contributed by atoms with Crippen molar-refractivity contribution in [1.29, 1.82) is 0 Å². The number of nitrogens with zero attached hydrogens (tertiary/aromatic N) is 1. The maximum atomic E-state index is 12.1. The Morgan fingerprint density at radius 2 is 2.30 bits per heavy atom. The van der Waals surface area contributed by atoms with Crippen LogP contribution in [0.3, 0.4) is 0 Å². The molecule has 2 heterocycles. The smallest absolute Gasteiger partial charge is 0.251 e. The summed E-state index contributed by atoms with van der Waals surface area (Å²) in [6.45, 7) is 3.51. The van der Waals surface area contributed by atoms with Crippen LogP contribution in [0.15, 0.2) is 11.4 Å². The molecule has 0 unspecified atom stereocenters. The van der Waals surface area contributed by atoms with Crippen molar-refractivity contribution < 1.29 is 9.59 Å². The maximum absolute atomic E-state index is 12.1. The number of likely N-dealkylation sites (tertiary alicyclic amines) is 1. The minimum absolute atomic E-state index is 0.0738. The molecule has 0 bridgehead atoms. The molecule has 110 valence electrons. The molecule has 0 saturated carbocycles. The predicted molar refractivity (Wildman–Crippen MR) is 81.0 cm³/mol. The number of carbonyl (C=O) groups is 2. The minimum atomic E-state index is -0.508. The zero-order valence-corrected chi connectivity index (χ0v) is 12.5. The van der Waals surface area contributed by atoms with Gasteiger partial charge in [-0.25, -0.2) is 0 Å². The van der Waals surface area contributed by atoms with Crippen LogP contribution in [0.25, 0.3) is 0 Å². The number of rotatable bonds is 5. The first-order chi connectivity index (χ1) is 9.61. The fourth-order valence-corrected chi connectivity index (χ4v) is 3.49. The number of piperidine rings is 1. The molecule has 1 fully saturated rings. The first-order valence-corrected chi connectivity index (χ1v) is 7.91. The van der Waals surface area contributed by atoms with E-state index in [2.05, 4.69) is 17.1 Å². The van der Waals surface area contributed by atoms with Crippen molar-refractivity contribution >= 4 is 28.2 Å². The van der Waals surface area contributed by atoms with Crippen LogP contribution in [-0.2, 0) is 4.79 Å². The van der Waals surface area contributed by atoms with Crippen LogP contribution < -0.4 is 11.1 Å². The first-order valence-electron chi connectivity index (χ1n) is 7.03. The lowest BCUT2D eigenvalue weighted by atomic mass is 10.0. The van der Waals surface area contributed by atoms with E-state index in [-0.39, 0.29) is 5.91 Å². The second kappa shape index (κ2) is 6.85. The van der Waals surface area contributed by atoms with E-state index in [0.717, 1.165) is 25.8 Å². The average molecular weight is 295 g/mol. The van der Waals surface area contributed by atoms with E-state index >= 15 is 0 Å². The Bertz CT molecular complexity index is 487. The molecular formula is C14H21N3O2S. The molecule has 0 aromatic carbocycles. The third kappa shape index (κ3) is 3.58. The number of anilines is 1. The van der Waals surface area contributed by atoms with Gasteiger partial charge < -0.3 is 11.1 Å². The lowest BCUT2D eigenvalue weighted by molar-refractivity contribution is -0.118. The zero-order chi connectivity index (χ0) is 14.5. The molecule has 2 amide bonds. The first kappa shape index (κ1) is 15.0. The Hall–Kier alpha value is -1.40. The average Bonchev–Trinajstić information content (AvgIpc) is 2.87. The molecule has 1 saturated heterocycles. The van der Waals surface area contributed by atoms with Gasteiger partial charge in [-0.3, -0.25) is 14.5 Å². The standard InChI is InChI=1S/C14H21N3O2S/c1-2-10-5-3-4-7-17(10)9-12(18)16-14-11(13(15)19)6-8-20-14/h6,8,10H,2-5,7,9H2,1H3,(H2,15,19)(H,16,18)/t10-/m1/s1. The largest absolute Gasteiger partial charge is 0.366 e. The number of hydrogen-bond donors (Lipinski definition) is 2. The quantitative estimate of drug-likeness (QED) is 0.873. The Morgan fingerprint density at radius 3 is 3.00 bits per heavy atom. The van der Waals surface area contributed by atoms with Crippen molar-refractivity contribution in [2.45, 2.75) is 38.6 Å². The summed E-state index contributed by atoms with van der Waals surface area (Å²) in [5, 5.41) is 5.10. The van der Waals surface area contributed by atoms with Crippen molar-refractivity contribution in [3.05, 3.63) is 17.0 Å². The van der Waals surface area contributed by atoms with Crippen LogP contribution in [-0.4, -0.2) is 35.8 Å². The zero-order valence-electron chi connectivity index (χ0n) is 11.7. The number of amides is 2. The summed E-state index contributed by atoms with van der Waals surface area (Å²) >= 11 is 1.32. The van der Waals surface area contributed by atoms with Gasteiger partial charge in [-0.05, 0) is 37.3 Å². The van der Waals surface area contributed by atoms with Crippen molar-refractivity contribution in [2.24, 2.45) is 5.73 Å². The molecule has 0 radical (unpaired) electrons. The lowest BCUT2D eigenvalue weighted by Crippen LogP contribution is -2.43. The highest BCUT2D eigenvalue weighted by atomic mass is 32.1. The summed E-state index contributed by atoms with van der Waals surface area (Å²) in [6, 6.07) is 2.13. The highest BCUT2D eigenvalue weighted by molar-refractivity contribution is 7.14. The van der Waals surface area contributed by atoms with E-state index < -0.39 is 5.91 Å². The summed E-state index contributed by atoms with van der Waals surface area (Å²) in [6.07, 6.45) is 4.62. The molecule has 1 atom stereocenters. The van der Waals surface area contributed by atoms with Gasteiger partial charge in [0.05, 0.1) is 12.1 Å². The van der Waals surface area contributed by atoms with Gasteiger partial charge in [0, 0.05) is 6.04 Å². The lowest BCUT2D eigenvalue weighted by Gasteiger charge is -2.34. The van der Waals surface area contributed by atoms with E-state index in [1.807, 2.05) is 0 Å². The van der Waals surface area contributed by atoms with Crippen molar-refractivity contribution in [2.75, 3.05) is 18.4 Å². The van der Waals surface area contributed by atoms with Crippen molar-refractivity contribution in [1.82, 2.24) is 4.90 Å². The van der Waals surface area contributed by atoms with Crippen LogP contribution in [0, 0.1) is 0 Å². The number of nitrogens with two attached hydrogens (primary N) is 1. The number of primary amides is 1. The molecule has 3 N–H and O–H groups in total. The summed E-state index contributed by atoms with van der Waals surface area (Å²) in [5.41, 5.74) is 5.65. The van der Waals surface area contributed by atoms with E-state index in [0.29, 0.717) is 23.2 Å². The van der Waals surface area contributed by atoms with Gasteiger partial charge in [0.25, 0.3) is 5.91 Å². The van der Waals surface area contributed by atoms with Gasteiger partial charge in [-0.2, -0.15) is 0 Å². The number of hydrogen-bond acceptors (Lipinski definition) is 4. The van der Waals surface area contributed by atoms with E-state index in [1.165, 1.54) is 17.8 Å². The highest BCUT2D eigenvalue weighted by Crippen LogP contribution is 2.23. The molecule has 1 aliphatic rings. The van der Waals surface area contributed by atoms with Crippen LogP contribution in [0.5, 0.6) is 0 Å². The predicted octanol–water partition coefficient (Wildman–Crippen LogP) is 2.05. The Labute approximate surface area is 123 Å². The molecule has 2 rings (SSSR count). The summed E-state index contributed by atoms with van der Waals surface area (Å²) in [7, 11) is 0. The minimum Gasteiger partial charge on any atom is -0.366 e. The van der Waals surface area contributed by atoms with Crippen molar-refractivity contribution in [3.63, 3.8) is 0 Å². The third-order valence-electron chi connectivity index (χ3n) is 3.75. The van der Waals surface area contributed by atoms with Crippen LogP contribution in [0.1, 0.15) is 43.0 Å². The Kier molecular flexibility index (Phi) is 5.14. The van der Waals surface area contributed by atoms with Gasteiger partial charge in [-0.15, -0.1) is 11.3 Å². The van der Waals surface area contributed by atoms with Gasteiger partial charge in [0.1, 0.15) is 5.00 Å². The summed E-state index contributed by atoms with van der Waals surface area (Å²) < 4.78 is 0. The van der Waals surface area contributed by atoms with Gasteiger partial charge in [-0.1, -0.05) is 13.3 Å². The number of nitrogens with one attached hydrogen (secondary N) is 1. The third-order valence-corrected chi connectivity index (χ3v) is 4.58. The van der Waals surface area contributed by atoms with Gasteiger partial charge >= 0.3 is 0 Å². The topological polar surface area (TPSA) is 75.4 Å². The second-order valence-corrected chi connectivity index (χ2v) is 6.02. The van der Waals surface area contributed by atoms with Crippen LogP contribution in [0.2, 0.25) is 0 Å². The molecular weight excluding hydrogens is 274 g/mol. The number of thiophene rings is 1. The summed E-state index contributed by atoms with van der Waals surface area (Å²) in [4.78, 5) is 25.6. The van der Waals surface area contributed by atoms with Gasteiger partial charge in [0.2, 0.25) is 5.91 Å².